The Bertz CT molecular complexity index is 810. The third-order valence-electron chi connectivity index (χ3n) is 2.69. The zero-order valence-electron chi connectivity index (χ0n) is 15.7. The van der Waals surface area contributed by atoms with Crippen LogP contribution in [0.2, 0.25) is 0 Å². The van der Waals surface area contributed by atoms with Crippen LogP contribution in [0.15, 0.2) is 10.5 Å². The van der Waals surface area contributed by atoms with Crippen molar-refractivity contribution >= 4 is 44.0 Å². The van der Waals surface area contributed by atoms with Crippen molar-refractivity contribution in [2.45, 2.75) is 39.4 Å². The summed E-state index contributed by atoms with van der Waals surface area (Å²) < 4.78 is 32.3. The summed E-state index contributed by atoms with van der Waals surface area (Å²) in [5.41, 5.74) is 4.58. The van der Waals surface area contributed by atoms with Crippen molar-refractivity contribution in [3.63, 3.8) is 0 Å². The van der Waals surface area contributed by atoms with Gasteiger partial charge in [0.2, 0.25) is 11.8 Å². The van der Waals surface area contributed by atoms with Gasteiger partial charge in [0.05, 0.1) is 5.75 Å². The van der Waals surface area contributed by atoms with Gasteiger partial charge in [-0.25, -0.2) is 23.0 Å². The maximum Gasteiger partial charge on any atom is 0.362 e. The molecule has 27 heavy (non-hydrogen) atoms. The second-order valence-corrected chi connectivity index (χ2v) is 9.71. The first-order valence-corrected chi connectivity index (χ1v) is 10.8. The number of nitrogen functional groups attached to an aromatic ring is 1. The van der Waals surface area contributed by atoms with E-state index in [2.05, 4.69) is 10.1 Å². The Hall–Kier alpha value is -2.21. The Morgan fingerprint density at radius 1 is 1.37 bits per heavy atom. The lowest BCUT2D eigenvalue weighted by molar-refractivity contribution is -0.167. The van der Waals surface area contributed by atoms with Gasteiger partial charge in [-0.2, -0.15) is 0 Å². The van der Waals surface area contributed by atoms with Crippen LogP contribution in [-0.4, -0.2) is 61.4 Å². The molecule has 0 aromatic carbocycles. The van der Waals surface area contributed by atoms with E-state index in [1.165, 1.54) is 12.3 Å². The second-order valence-electron chi connectivity index (χ2n) is 6.56. The number of oxime groups is 1. The largest absolute Gasteiger partial charge is 0.460 e. The second kappa shape index (κ2) is 9.13. The van der Waals surface area contributed by atoms with Crippen LogP contribution >= 0.6 is 11.3 Å². The number of hydrogen-bond acceptors (Lipinski definition) is 11. The molecule has 0 saturated carbocycles. The maximum absolute atomic E-state index is 12.2. The first-order chi connectivity index (χ1) is 12.3. The van der Waals surface area contributed by atoms with Crippen molar-refractivity contribution < 1.29 is 32.3 Å². The third kappa shape index (κ3) is 8.82. The number of aromatic nitrogens is 1. The van der Waals surface area contributed by atoms with Crippen LogP contribution in [-0.2, 0) is 33.7 Å². The smallest absolute Gasteiger partial charge is 0.362 e. The Kier molecular flexibility index (Phi) is 7.72. The van der Waals surface area contributed by atoms with Crippen molar-refractivity contribution in [1.82, 2.24) is 4.98 Å². The summed E-state index contributed by atoms with van der Waals surface area (Å²) in [6.07, 6.45) is -0.0817. The standard InChI is InChI=1S/C15H23N3O7S2/c1-9(12(19)24-15(2,3)4)25-18-11(10-8-26-14(16)17-10)13(20)23-6-7-27(5,21)22/h8-9H,6-7H2,1-5H3,(H2,16,17)/b18-11-. The number of rotatable bonds is 8. The molecule has 2 N–H and O–H groups in total. The number of esters is 2. The van der Waals surface area contributed by atoms with Crippen LogP contribution in [0.1, 0.15) is 33.4 Å². The number of nitrogens with two attached hydrogens (primary N) is 1. The van der Waals surface area contributed by atoms with Crippen molar-refractivity contribution in [3.05, 3.63) is 11.1 Å². The molecule has 1 aromatic heterocycles. The average Bonchev–Trinajstić information content (AvgIpc) is 2.90. The van der Waals surface area contributed by atoms with Crippen LogP contribution in [0.4, 0.5) is 5.13 Å². The Balaban J connectivity index is 2.90. The van der Waals surface area contributed by atoms with E-state index in [9.17, 15) is 18.0 Å². The molecule has 0 bridgehead atoms. The Morgan fingerprint density at radius 2 is 2.00 bits per heavy atom. The molecule has 1 unspecified atom stereocenters. The fourth-order valence-corrected chi connectivity index (χ4v) is 2.43. The van der Waals surface area contributed by atoms with Crippen LogP contribution in [0, 0.1) is 0 Å². The highest BCUT2D eigenvalue weighted by molar-refractivity contribution is 7.90. The van der Waals surface area contributed by atoms with E-state index >= 15 is 0 Å². The molecule has 10 nitrogen and oxygen atoms in total. The summed E-state index contributed by atoms with van der Waals surface area (Å²) in [7, 11) is -3.30. The van der Waals surface area contributed by atoms with Gasteiger partial charge in [-0.05, 0) is 27.7 Å². The van der Waals surface area contributed by atoms with Gasteiger partial charge in [0.25, 0.3) is 0 Å². The van der Waals surface area contributed by atoms with Crippen LogP contribution in [0.25, 0.3) is 0 Å². The van der Waals surface area contributed by atoms with E-state index in [0.29, 0.717) is 0 Å². The lowest BCUT2D eigenvalue weighted by Gasteiger charge is -2.21. The summed E-state index contributed by atoms with van der Waals surface area (Å²) in [6.45, 7) is 6.13. The van der Waals surface area contributed by atoms with Gasteiger partial charge in [-0.15, -0.1) is 11.3 Å². The Labute approximate surface area is 161 Å². The molecule has 1 aromatic rings. The summed E-state index contributed by atoms with van der Waals surface area (Å²) >= 11 is 1.06. The fraction of sp³-hybridized carbons (Fsp3) is 0.600. The third-order valence-corrected chi connectivity index (χ3v) is 4.27. The highest BCUT2D eigenvalue weighted by Crippen LogP contribution is 2.14. The first-order valence-electron chi connectivity index (χ1n) is 7.81. The predicted molar refractivity (Wildman–Crippen MR) is 100 cm³/mol. The van der Waals surface area contributed by atoms with Crippen LogP contribution < -0.4 is 5.73 Å². The molecule has 0 saturated heterocycles. The number of ether oxygens (including phenoxy) is 2. The number of anilines is 1. The molecule has 0 aliphatic carbocycles. The molecule has 152 valence electrons. The van der Waals surface area contributed by atoms with E-state index in [-0.39, 0.29) is 28.9 Å². The summed E-state index contributed by atoms with van der Waals surface area (Å²) in [4.78, 5) is 33.1. The highest BCUT2D eigenvalue weighted by Gasteiger charge is 2.25. The topological polar surface area (TPSA) is 147 Å². The number of carbonyl (C=O) groups excluding carboxylic acids is 2. The van der Waals surface area contributed by atoms with E-state index in [4.69, 9.17) is 20.0 Å². The minimum Gasteiger partial charge on any atom is -0.460 e. The molecule has 1 rings (SSSR count). The minimum atomic E-state index is -3.30. The zero-order valence-corrected chi connectivity index (χ0v) is 17.3. The number of hydrogen-bond donors (Lipinski definition) is 1. The molecule has 0 aliphatic heterocycles. The molecular formula is C15H23N3O7S2. The lowest BCUT2D eigenvalue weighted by Crippen LogP contribution is -2.31. The maximum atomic E-state index is 12.2. The normalized spacial score (nSPS) is 13.7. The number of carbonyl (C=O) groups is 2. The molecule has 0 amide bonds. The Morgan fingerprint density at radius 3 is 2.48 bits per heavy atom. The van der Waals surface area contributed by atoms with E-state index < -0.39 is 33.5 Å². The summed E-state index contributed by atoms with van der Waals surface area (Å²) in [5.74, 6) is -1.98. The zero-order chi connectivity index (χ0) is 20.8. The molecule has 0 aliphatic rings. The van der Waals surface area contributed by atoms with Crippen LogP contribution in [0.3, 0.4) is 0 Å². The van der Waals surface area contributed by atoms with Gasteiger partial charge >= 0.3 is 11.9 Å². The summed E-state index contributed by atoms with van der Waals surface area (Å²) in [5, 5.41) is 5.29. The van der Waals surface area contributed by atoms with Gasteiger partial charge in [-0.3, -0.25) is 0 Å². The van der Waals surface area contributed by atoms with Crippen LogP contribution in [0.5, 0.6) is 0 Å². The van der Waals surface area contributed by atoms with Crippen molar-refractivity contribution in [2.75, 3.05) is 24.3 Å². The SMILES string of the molecule is CC(O/N=C(\C(=O)OCCS(C)(=O)=O)c1csc(N)n1)C(=O)OC(C)(C)C. The van der Waals surface area contributed by atoms with Gasteiger partial charge in [0, 0.05) is 11.6 Å². The molecule has 12 heteroatoms. The summed E-state index contributed by atoms with van der Waals surface area (Å²) in [6, 6.07) is 0. The van der Waals surface area contributed by atoms with Crippen molar-refractivity contribution in [2.24, 2.45) is 5.16 Å². The molecule has 0 fully saturated rings. The van der Waals surface area contributed by atoms with E-state index in [1.54, 1.807) is 20.8 Å². The van der Waals surface area contributed by atoms with Crippen molar-refractivity contribution in [3.8, 4) is 0 Å². The van der Waals surface area contributed by atoms with Gasteiger partial charge in [-0.1, -0.05) is 5.16 Å². The van der Waals surface area contributed by atoms with Crippen molar-refractivity contribution in [1.29, 1.82) is 0 Å². The molecule has 0 spiro atoms. The molecule has 1 atom stereocenters. The van der Waals surface area contributed by atoms with Gasteiger partial charge in [0.1, 0.15) is 17.9 Å². The lowest BCUT2D eigenvalue weighted by atomic mass is 10.2. The number of thiazole rings is 1. The molecule has 1 heterocycles. The number of sulfone groups is 1. The van der Waals surface area contributed by atoms with Gasteiger partial charge in [0.15, 0.2) is 15.0 Å². The quantitative estimate of drug-likeness (QED) is 0.365. The van der Waals surface area contributed by atoms with E-state index in [1.807, 2.05) is 0 Å². The fourth-order valence-electron chi connectivity index (χ4n) is 1.50. The first kappa shape index (κ1) is 22.8. The van der Waals surface area contributed by atoms with E-state index in [0.717, 1.165) is 17.6 Å². The molecular weight excluding hydrogens is 398 g/mol. The monoisotopic (exact) mass is 421 g/mol. The number of nitrogens with zero attached hydrogens (tertiary/aromatic N) is 2. The minimum absolute atomic E-state index is 0.0817. The predicted octanol–water partition coefficient (Wildman–Crippen LogP) is 0.764. The highest BCUT2D eigenvalue weighted by atomic mass is 32.2. The van der Waals surface area contributed by atoms with Gasteiger partial charge < -0.3 is 20.0 Å². The molecule has 0 radical (unpaired) electrons. The average molecular weight is 421 g/mol.